The van der Waals surface area contributed by atoms with Crippen molar-refractivity contribution in [3.05, 3.63) is 36.5 Å². The van der Waals surface area contributed by atoms with E-state index in [4.69, 9.17) is 0 Å². The molecule has 94 valence electrons. The van der Waals surface area contributed by atoms with Gasteiger partial charge in [-0.05, 0) is 31.7 Å². The molecule has 0 saturated carbocycles. The van der Waals surface area contributed by atoms with Gasteiger partial charge in [0.25, 0.3) is 0 Å². The Morgan fingerprint density at radius 2 is 2.22 bits per heavy atom. The summed E-state index contributed by atoms with van der Waals surface area (Å²) < 4.78 is 0. The van der Waals surface area contributed by atoms with Crippen molar-refractivity contribution in [2.75, 3.05) is 18.5 Å². The van der Waals surface area contributed by atoms with Crippen molar-refractivity contribution in [3.8, 4) is 0 Å². The first-order chi connectivity index (χ1) is 8.81. The molecular formula is C15H19N3. The van der Waals surface area contributed by atoms with Crippen LogP contribution in [0.2, 0.25) is 0 Å². The van der Waals surface area contributed by atoms with Gasteiger partial charge < -0.3 is 4.90 Å². The molecule has 0 spiro atoms. The summed E-state index contributed by atoms with van der Waals surface area (Å²) in [5.74, 6) is 0. The molecule has 0 radical (unpaired) electrons. The van der Waals surface area contributed by atoms with Crippen molar-refractivity contribution in [1.29, 1.82) is 0 Å². The van der Waals surface area contributed by atoms with E-state index in [9.17, 15) is 0 Å². The van der Waals surface area contributed by atoms with E-state index in [-0.39, 0.29) is 0 Å². The van der Waals surface area contributed by atoms with Crippen molar-refractivity contribution in [1.82, 2.24) is 0 Å². The Bertz CT molecular complexity index is 474. The number of aliphatic imine (C=N–C) groups is 2. The first-order valence-electron chi connectivity index (χ1n) is 6.28. The molecule has 1 aliphatic heterocycles. The van der Waals surface area contributed by atoms with Crippen molar-refractivity contribution in [3.63, 3.8) is 0 Å². The lowest BCUT2D eigenvalue weighted by atomic mass is 10.1. The largest absolute Gasteiger partial charge is 0.372 e. The van der Waals surface area contributed by atoms with Crippen LogP contribution in [0.3, 0.4) is 0 Å². The maximum absolute atomic E-state index is 4.41. The number of hydrogen-bond donors (Lipinski definition) is 0. The third-order valence-electron chi connectivity index (χ3n) is 3.16. The molecule has 0 saturated heterocycles. The SMILES string of the molecule is C=Nc1ccccc1N(C)CCC1=NC=CCC1. The van der Waals surface area contributed by atoms with Gasteiger partial charge in [-0.1, -0.05) is 18.2 Å². The van der Waals surface area contributed by atoms with Gasteiger partial charge in [-0.15, -0.1) is 0 Å². The highest BCUT2D eigenvalue weighted by atomic mass is 15.1. The second-order valence-corrected chi connectivity index (χ2v) is 4.44. The second kappa shape index (κ2) is 6.15. The van der Waals surface area contributed by atoms with Crippen LogP contribution >= 0.6 is 0 Å². The highest BCUT2D eigenvalue weighted by molar-refractivity contribution is 5.86. The Hall–Kier alpha value is -1.90. The molecule has 0 aromatic heterocycles. The molecule has 3 heteroatoms. The molecule has 3 nitrogen and oxygen atoms in total. The van der Waals surface area contributed by atoms with E-state index >= 15 is 0 Å². The van der Waals surface area contributed by atoms with E-state index < -0.39 is 0 Å². The van der Waals surface area contributed by atoms with Crippen LogP contribution in [0.4, 0.5) is 11.4 Å². The molecule has 0 N–H and O–H groups in total. The van der Waals surface area contributed by atoms with Crippen LogP contribution < -0.4 is 4.90 Å². The zero-order valence-electron chi connectivity index (χ0n) is 10.8. The van der Waals surface area contributed by atoms with Gasteiger partial charge in [-0.25, -0.2) is 0 Å². The van der Waals surface area contributed by atoms with Crippen LogP contribution in [0.1, 0.15) is 19.3 Å². The Kier molecular flexibility index (Phi) is 4.29. The molecular weight excluding hydrogens is 222 g/mol. The maximum atomic E-state index is 4.41. The summed E-state index contributed by atoms with van der Waals surface area (Å²) in [5, 5.41) is 0. The predicted octanol–water partition coefficient (Wildman–Crippen LogP) is 3.59. The van der Waals surface area contributed by atoms with E-state index in [1.807, 2.05) is 24.4 Å². The van der Waals surface area contributed by atoms with Gasteiger partial charge in [0.05, 0.1) is 11.4 Å². The fourth-order valence-corrected chi connectivity index (χ4v) is 2.07. The van der Waals surface area contributed by atoms with Gasteiger partial charge in [0, 0.05) is 31.9 Å². The van der Waals surface area contributed by atoms with E-state index in [2.05, 4.69) is 40.8 Å². The lowest BCUT2D eigenvalue weighted by Gasteiger charge is -2.21. The predicted molar refractivity (Wildman–Crippen MR) is 79.3 cm³/mol. The first-order valence-corrected chi connectivity index (χ1v) is 6.28. The Balaban J connectivity index is 1.99. The zero-order valence-corrected chi connectivity index (χ0v) is 10.8. The molecule has 0 aliphatic carbocycles. The van der Waals surface area contributed by atoms with Crippen LogP contribution in [0.5, 0.6) is 0 Å². The zero-order chi connectivity index (χ0) is 12.8. The number of hydrogen-bond acceptors (Lipinski definition) is 3. The molecule has 1 heterocycles. The summed E-state index contributed by atoms with van der Waals surface area (Å²) in [6.45, 7) is 4.57. The lowest BCUT2D eigenvalue weighted by molar-refractivity contribution is 0.892. The highest BCUT2D eigenvalue weighted by Gasteiger charge is 2.08. The highest BCUT2D eigenvalue weighted by Crippen LogP contribution is 2.26. The topological polar surface area (TPSA) is 28.0 Å². The first kappa shape index (κ1) is 12.6. The van der Waals surface area contributed by atoms with E-state index in [0.717, 1.165) is 37.2 Å². The van der Waals surface area contributed by atoms with Crippen LogP contribution in [-0.2, 0) is 0 Å². The van der Waals surface area contributed by atoms with Gasteiger partial charge in [-0.3, -0.25) is 9.98 Å². The summed E-state index contributed by atoms with van der Waals surface area (Å²) in [6, 6.07) is 8.07. The monoisotopic (exact) mass is 241 g/mol. The third-order valence-corrected chi connectivity index (χ3v) is 3.16. The number of nitrogens with zero attached hydrogens (tertiary/aromatic N) is 3. The average Bonchev–Trinajstić information content (AvgIpc) is 2.45. The summed E-state index contributed by atoms with van der Waals surface area (Å²) in [7, 11) is 2.09. The molecule has 1 aliphatic rings. The molecule has 18 heavy (non-hydrogen) atoms. The number of anilines is 1. The summed E-state index contributed by atoms with van der Waals surface area (Å²) in [4.78, 5) is 10.7. The Labute approximate surface area is 109 Å². The van der Waals surface area contributed by atoms with Gasteiger partial charge >= 0.3 is 0 Å². The Morgan fingerprint density at radius 1 is 1.39 bits per heavy atom. The van der Waals surface area contributed by atoms with Crippen molar-refractivity contribution >= 4 is 23.8 Å². The van der Waals surface area contributed by atoms with Crippen molar-refractivity contribution in [2.24, 2.45) is 9.98 Å². The minimum atomic E-state index is 0.936. The standard InChI is InChI=1S/C15H19N3/c1-16-14-8-3-4-9-15(14)18(2)12-10-13-7-5-6-11-17-13/h3-4,6,8-9,11H,1,5,7,10,12H2,2H3. The molecule has 0 fully saturated rings. The molecule has 1 aromatic rings. The molecule has 1 aromatic carbocycles. The molecule has 0 unspecified atom stereocenters. The number of rotatable bonds is 5. The molecule has 2 rings (SSSR count). The van der Waals surface area contributed by atoms with Crippen LogP contribution in [0.15, 0.2) is 46.5 Å². The summed E-state index contributed by atoms with van der Waals surface area (Å²) >= 11 is 0. The summed E-state index contributed by atoms with van der Waals surface area (Å²) in [6.07, 6.45) is 7.24. The quantitative estimate of drug-likeness (QED) is 0.724. The van der Waals surface area contributed by atoms with E-state index in [0.29, 0.717) is 0 Å². The third kappa shape index (κ3) is 3.06. The average molecular weight is 241 g/mol. The smallest absolute Gasteiger partial charge is 0.0855 e. The molecule has 0 bridgehead atoms. The number of allylic oxidation sites excluding steroid dienone is 1. The Morgan fingerprint density at radius 3 is 2.94 bits per heavy atom. The number of para-hydroxylation sites is 2. The minimum absolute atomic E-state index is 0.936. The van der Waals surface area contributed by atoms with Crippen LogP contribution in [0, 0.1) is 0 Å². The van der Waals surface area contributed by atoms with Gasteiger partial charge in [-0.2, -0.15) is 0 Å². The molecule has 0 atom stereocenters. The van der Waals surface area contributed by atoms with Crippen molar-refractivity contribution < 1.29 is 0 Å². The minimum Gasteiger partial charge on any atom is -0.372 e. The fraction of sp³-hybridized carbons (Fsp3) is 0.333. The van der Waals surface area contributed by atoms with Crippen LogP contribution in [-0.4, -0.2) is 26.0 Å². The fourth-order valence-electron chi connectivity index (χ4n) is 2.07. The maximum Gasteiger partial charge on any atom is 0.0855 e. The van der Waals surface area contributed by atoms with Gasteiger partial charge in [0.2, 0.25) is 0 Å². The normalized spacial score (nSPS) is 14.2. The van der Waals surface area contributed by atoms with E-state index in [1.165, 1.54) is 5.71 Å². The lowest BCUT2D eigenvalue weighted by Crippen LogP contribution is -2.21. The summed E-state index contributed by atoms with van der Waals surface area (Å²) in [5.41, 5.74) is 3.35. The van der Waals surface area contributed by atoms with Crippen molar-refractivity contribution in [2.45, 2.75) is 19.3 Å². The van der Waals surface area contributed by atoms with E-state index in [1.54, 1.807) is 0 Å². The van der Waals surface area contributed by atoms with Gasteiger partial charge in [0.15, 0.2) is 0 Å². The van der Waals surface area contributed by atoms with Crippen LogP contribution in [0.25, 0.3) is 0 Å². The molecule has 0 amide bonds. The second-order valence-electron chi connectivity index (χ2n) is 4.44. The van der Waals surface area contributed by atoms with Gasteiger partial charge in [0.1, 0.15) is 0 Å². The number of benzene rings is 1.